The molecule has 2 aromatic rings. The monoisotopic (exact) mass is 490 g/mol. The third-order valence-electron chi connectivity index (χ3n) is 8.18. The van der Waals surface area contributed by atoms with Gasteiger partial charge in [0, 0.05) is 19.5 Å². The Morgan fingerprint density at radius 2 is 1.75 bits per heavy atom. The second kappa shape index (κ2) is 8.35. The van der Waals surface area contributed by atoms with Crippen molar-refractivity contribution in [2.45, 2.75) is 57.4 Å². The molecule has 6 rings (SSSR count). The number of carbonyl (C=O) groups excluding carboxylic acids is 5. The van der Waals surface area contributed by atoms with Crippen molar-refractivity contribution < 1.29 is 24.0 Å². The van der Waals surface area contributed by atoms with E-state index in [0.717, 1.165) is 17.7 Å². The molecule has 1 aromatic carbocycles. The summed E-state index contributed by atoms with van der Waals surface area (Å²) >= 11 is 0. The maximum Gasteiger partial charge on any atom is 0.276 e. The normalized spacial score (nSPS) is 23.4. The first-order valence-corrected chi connectivity index (χ1v) is 12.4. The molecule has 1 spiro atoms. The van der Waals surface area contributed by atoms with Crippen LogP contribution in [0.3, 0.4) is 0 Å². The second-order valence-electron chi connectivity index (χ2n) is 10.2. The predicted molar refractivity (Wildman–Crippen MR) is 124 cm³/mol. The third kappa shape index (κ3) is 3.52. The van der Waals surface area contributed by atoms with E-state index in [4.69, 9.17) is 0 Å². The van der Waals surface area contributed by atoms with Gasteiger partial charge in [0.15, 0.2) is 5.69 Å². The van der Waals surface area contributed by atoms with Gasteiger partial charge in [0.25, 0.3) is 17.7 Å². The molecule has 5 amide bonds. The molecule has 1 atom stereocenters. The number of benzene rings is 1. The Balaban J connectivity index is 1.24. The Morgan fingerprint density at radius 1 is 1.00 bits per heavy atom. The predicted octanol–water partition coefficient (Wildman–Crippen LogP) is 1.46. The van der Waals surface area contributed by atoms with Crippen LogP contribution in [-0.4, -0.2) is 73.5 Å². The standard InChI is InChI=1S/C25H26N6O5/c32-19-7-6-18(21(33)26-19)31-22(34)15-4-3-5-17(20(15)24(31)36)30-14-16(27-28-30)23(35)29-12-10-25(11-13-29)8-1-2-9-25/h3-5,14,18H,1-2,6-13H2,(H,26,32,33). The third-order valence-corrected chi connectivity index (χ3v) is 8.18. The lowest BCUT2D eigenvalue weighted by molar-refractivity contribution is -0.136. The minimum atomic E-state index is -1.06. The molecule has 4 aliphatic rings. The number of hydrogen-bond acceptors (Lipinski definition) is 7. The van der Waals surface area contributed by atoms with Crippen molar-refractivity contribution in [1.82, 2.24) is 30.1 Å². The van der Waals surface area contributed by atoms with E-state index in [1.54, 1.807) is 12.1 Å². The van der Waals surface area contributed by atoms with E-state index in [1.165, 1.54) is 42.6 Å². The van der Waals surface area contributed by atoms with E-state index in [0.29, 0.717) is 24.2 Å². The van der Waals surface area contributed by atoms with Crippen LogP contribution in [0.5, 0.6) is 0 Å². The van der Waals surface area contributed by atoms with E-state index in [9.17, 15) is 24.0 Å². The molecule has 36 heavy (non-hydrogen) atoms. The number of fused-ring (bicyclic) bond motifs is 1. The quantitative estimate of drug-likeness (QED) is 0.644. The maximum absolute atomic E-state index is 13.3. The summed E-state index contributed by atoms with van der Waals surface area (Å²) in [6, 6.07) is 3.69. The van der Waals surface area contributed by atoms with Gasteiger partial charge in [0.05, 0.1) is 23.0 Å². The van der Waals surface area contributed by atoms with Gasteiger partial charge in [-0.25, -0.2) is 4.68 Å². The number of piperidine rings is 2. The smallest absolute Gasteiger partial charge is 0.276 e. The number of hydrogen-bond donors (Lipinski definition) is 1. The zero-order chi connectivity index (χ0) is 25.0. The largest absolute Gasteiger partial charge is 0.337 e. The lowest BCUT2D eigenvalue weighted by Crippen LogP contribution is -2.54. The molecule has 1 saturated carbocycles. The summed E-state index contributed by atoms with van der Waals surface area (Å²) in [6.45, 7) is 1.39. The summed E-state index contributed by atoms with van der Waals surface area (Å²) in [6.07, 6.45) is 8.63. The summed E-state index contributed by atoms with van der Waals surface area (Å²) in [5.41, 5.74) is 1.10. The molecule has 3 aliphatic heterocycles. The lowest BCUT2D eigenvalue weighted by Gasteiger charge is -2.39. The zero-order valence-corrected chi connectivity index (χ0v) is 19.7. The van der Waals surface area contributed by atoms with Crippen molar-refractivity contribution in [3.8, 4) is 5.69 Å². The molecule has 11 heteroatoms. The van der Waals surface area contributed by atoms with Crippen LogP contribution in [0.25, 0.3) is 5.69 Å². The fourth-order valence-corrected chi connectivity index (χ4v) is 6.14. The van der Waals surface area contributed by atoms with Gasteiger partial charge in [-0.05, 0) is 49.7 Å². The van der Waals surface area contributed by atoms with Gasteiger partial charge < -0.3 is 4.90 Å². The lowest BCUT2D eigenvalue weighted by atomic mass is 9.77. The van der Waals surface area contributed by atoms with Crippen LogP contribution >= 0.6 is 0 Å². The molecule has 4 heterocycles. The fourth-order valence-electron chi connectivity index (χ4n) is 6.14. The van der Waals surface area contributed by atoms with Gasteiger partial charge in [0.1, 0.15) is 6.04 Å². The average Bonchev–Trinajstić information content (AvgIpc) is 3.60. The number of rotatable bonds is 3. The van der Waals surface area contributed by atoms with Crippen LogP contribution in [-0.2, 0) is 9.59 Å². The van der Waals surface area contributed by atoms with Gasteiger partial charge >= 0.3 is 0 Å². The van der Waals surface area contributed by atoms with E-state index in [1.807, 2.05) is 4.90 Å². The first-order chi connectivity index (χ1) is 17.4. The Kier molecular flexibility index (Phi) is 5.24. The van der Waals surface area contributed by atoms with Crippen molar-refractivity contribution in [2.75, 3.05) is 13.1 Å². The highest BCUT2D eigenvalue weighted by Crippen LogP contribution is 2.46. The summed E-state index contributed by atoms with van der Waals surface area (Å²) in [4.78, 5) is 66.1. The number of amides is 5. The molecule has 11 nitrogen and oxygen atoms in total. The Bertz CT molecular complexity index is 1300. The number of imide groups is 2. The molecular weight excluding hydrogens is 464 g/mol. The number of likely N-dealkylation sites (tertiary alicyclic amines) is 1. The molecule has 2 saturated heterocycles. The molecule has 1 aliphatic carbocycles. The topological polar surface area (TPSA) is 135 Å². The Morgan fingerprint density at radius 3 is 2.47 bits per heavy atom. The first kappa shape index (κ1) is 22.6. The molecule has 1 unspecified atom stereocenters. The number of nitrogens with one attached hydrogen (secondary N) is 1. The summed E-state index contributed by atoms with van der Waals surface area (Å²) in [5.74, 6) is -2.54. The van der Waals surface area contributed by atoms with Crippen molar-refractivity contribution >= 4 is 29.5 Å². The summed E-state index contributed by atoms with van der Waals surface area (Å²) in [5, 5.41) is 10.3. The van der Waals surface area contributed by atoms with Crippen LogP contribution < -0.4 is 5.32 Å². The van der Waals surface area contributed by atoms with Crippen LogP contribution in [0.4, 0.5) is 0 Å². The van der Waals surface area contributed by atoms with Gasteiger partial charge in [-0.15, -0.1) is 5.10 Å². The van der Waals surface area contributed by atoms with E-state index >= 15 is 0 Å². The molecule has 1 aromatic heterocycles. The van der Waals surface area contributed by atoms with Crippen molar-refractivity contribution in [1.29, 1.82) is 0 Å². The Hall–Kier alpha value is -3.89. The van der Waals surface area contributed by atoms with Crippen LogP contribution in [0.2, 0.25) is 0 Å². The van der Waals surface area contributed by atoms with Gasteiger partial charge in [0.2, 0.25) is 11.8 Å². The van der Waals surface area contributed by atoms with Crippen LogP contribution in [0, 0.1) is 5.41 Å². The summed E-state index contributed by atoms with van der Waals surface area (Å²) < 4.78 is 1.33. The maximum atomic E-state index is 13.3. The molecule has 0 radical (unpaired) electrons. The zero-order valence-electron chi connectivity index (χ0n) is 19.7. The first-order valence-electron chi connectivity index (χ1n) is 12.4. The van der Waals surface area contributed by atoms with Gasteiger partial charge in [-0.3, -0.25) is 34.2 Å². The van der Waals surface area contributed by atoms with Gasteiger partial charge in [-0.2, -0.15) is 0 Å². The Labute approximate surface area is 206 Å². The van der Waals surface area contributed by atoms with E-state index < -0.39 is 29.7 Å². The fraction of sp³-hybridized carbons (Fsp3) is 0.480. The number of nitrogens with zero attached hydrogens (tertiary/aromatic N) is 5. The molecule has 186 valence electrons. The van der Waals surface area contributed by atoms with E-state index in [-0.39, 0.29) is 35.6 Å². The van der Waals surface area contributed by atoms with Gasteiger partial charge in [-0.1, -0.05) is 24.1 Å². The number of aromatic nitrogens is 3. The molecule has 3 fully saturated rings. The van der Waals surface area contributed by atoms with Crippen LogP contribution in [0.15, 0.2) is 24.4 Å². The minimum absolute atomic E-state index is 0.0445. The molecule has 0 bridgehead atoms. The van der Waals surface area contributed by atoms with Crippen molar-refractivity contribution in [2.24, 2.45) is 5.41 Å². The minimum Gasteiger partial charge on any atom is -0.337 e. The van der Waals surface area contributed by atoms with E-state index in [2.05, 4.69) is 15.6 Å². The average molecular weight is 491 g/mol. The highest BCUT2D eigenvalue weighted by Gasteiger charge is 2.46. The second-order valence-corrected chi connectivity index (χ2v) is 10.2. The van der Waals surface area contributed by atoms with Crippen molar-refractivity contribution in [3.63, 3.8) is 0 Å². The molecular formula is C25H26N6O5. The van der Waals surface area contributed by atoms with Crippen molar-refractivity contribution in [3.05, 3.63) is 41.2 Å². The highest BCUT2D eigenvalue weighted by molar-refractivity contribution is 6.24. The SMILES string of the molecule is O=C1CCC(N2C(=O)c3cccc(-n4cc(C(=O)N5CCC6(CCCC6)CC5)nn4)c3C2=O)C(=O)N1. The van der Waals surface area contributed by atoms with Crippen LogP contribution in [0.1, 0.15) is 82.6 Å². The highest BCUT2D eigenvalue weighted by atomic mass is 16.2. The summed E-state index contributed by atoms with van der Waals surface area (Å²) in [7, 11) is 0. The number of carbonyl (C=O) groups is 5. The molecule has 1 N–H and O–H groups in total.